The smallest absolute Gasteiger partial charge is 0.333 e. The molecule has 4 aliphatic rings. The standard InChI is InChI=1S/C56H63N5O9S/c1-7-59-43-25-23-39-16-11-13-18-41(39)50(43)54(3,4)45(59)27-21-37-34-38(22-28-46-55(5,6)51-42-19-14-12-17-40(42)24-26-44(51)60(46)8-2)36-56(35-37,53(66)58-32-33-71(67,68)69)52(65)57-31-15-9-10-20-49(64)70-61-47(62)29-30-48(61)63/h11-14,16-19,21-28,34H,7-10,15,20,29-33,35-36H2,1-6H3,(H2-,57,58,65,66,67,68,69)/p+1. The summed E-state index contributed by atoms with van der Waals surface area (Å²) in [5.74, 6) is -3.78. The highest BCUT2D eigenvalue weighted by molar-refractivity contribution is 7.85. The van der Waals surface area contributed by atoms with E-state index < -0.39 is 68.3 Å². The van der Waals surface area contributed by atoms with Crippen LogP contribution < -0.4 is 15.5 Å². The van der Waals surface area contributed by atoms with Crippen LogP contribution in [0.3, 0.4) is 0 Å². The van der Waals surface area contributed by atoms with Gasteiger partial charge in [-0.3, -0.25) is 23.7 Å². The number of allylic oxidation sites excluding steroid dienone is 8. The lowest BCUT2D eigenvalue weighted by Crippen LogP contribution is -2.53. The lowest BCUT2D eigenvalue weighted by molar-refractivity contribution is -0.433. The van der Waals surface area contributed by atoms with Crippen LogP contribution in [0.5, 0.6) is 0 Å². The van der Waals surface area contributed by atoms with E-state index in [0.29, 0.717) is 48.6 Å². The van der Waals surface area contributed by atoms with Crippen molar-refractivity contribution in [3.05, 3.63) is 131 Å². The van der Waals surface area contributed by atoms with Crippen molar-refractivity contribution in [2.75, 3.05) is 36.8 Å². The van der Waals surface area contributed by atoms with Crippen molar-refractivity contribution in [2.45, 2.75) is 104 Å². The number of fused-ring (bicyclic) bond motifs is 6. The van der Waals surface area contributed by atoms with Gasteiger partial charge in [0.1, 0.15) is 12.0 Å². The Morgan fingerprint density at radius 2 is 1.39 bits per heavy atom. The maximum absolute atomic E-state index is 14.9. The van der Waals surface area contributed by atoms with Crippen LogP contribution in [0.4, 0.5) is 11.4 Å². The van der Waals surface area contributed by atoms with Crippen LogP contribution in [0.25, 0.3) is 21.5 Å². The van der Waals surface area contributed by atoms with Crippen molar-refractivity contribution in [2.24, 2.45) is 5.41 Å². The first-order valence-electron chi connectivity index (χ1n) is 24.7. The highest BCUT2D eigenvalue weighted by Crippen LogP contribution is 2.51. The minimum atomic E-state index is -4.44. The van der Waals surface area contributed by atoms with Gasteiger partial charge in [-0.05, 0) is 110 Å². The van der Waals surface area contributed by atoms with Crippen LogP contribution in [-0.2, 0) is 49.8 Å². The first-order valence-corrected chi connectivity index (χ1v) is 26.3. The highest BCUT2D eigenvalue weighted by Gasteiger charge is 2.49. The summed E-state index contributed by atoms with van der Waals surface area (Å²) in [6.45, 7) is 14.2. The summed E-state index contributed by atoms with van der Waals surface area (Å²) in [4.78, 5) is 73.2. The molecular formula is C56H64N5O9S+. The molecule has 3 aliphatic heterocycles. The molecule has 372 valence electrons. The summed E-state index contributed by atoms with van der Waals surface area (Å²) < 4.78 is 35.6. The van der Waals surface area contributed by atoms with Gasteiger partial charge in [0, 0.05) is 73.4 Å². The van der Waals surface area contributed by atoms with Gasteiger partial charge in [-0.25, -0.2) is 4.79 Å². The Hall–Kier alpha value is -6.71. The quantitative estimate of drug-likeness (QED) is 0.0305. The molecule has 4 amide bonds. The van der Waals surface area contributed by atoms with Gasteiger partial charge in [-0.15, -0.1) is 5.06 Å². The van der Waals surface area contributed by atoms with E-state index in [2.05, 4.69) is 134 Å². The van der Waals surface area contributed by atoms with E-state index in [1.165, 1.54) is 21.9 Å². The minimum Gasteiger partial charge on any atom is -0.355 e. The molecule has 0 aromatic heterocycles. The molecule has 0 saturated carbocycles. The number of imide groups is 1. The molecule has 14 nitrogen and oxygen atoms in total. The van der Waals surface area contributed by atoms with Gasteiger partial charge >= 0.3 is 5.97 Å². The van der Waals surface area contributed by atoms with Gasteiger partial charge in [0.05, 0.1) is 11.2 Å². The molecule has 71 heavy (non-hydrogen) atoms. The molecular weight excluding hydrogens is 919 g/mol. The zero-order valence-electron chi connectivity index (χ0n) is 41.5. The van der Waals surface area contributed by atoms with Crippen LogP contribution >= 0.6 is 0 Å². The van der Waals surface area contributed by atoms with E-state index in [0.717, 1.165) is 33.6 Å². The van der Waals surface area contributed by atoms with Gasteiger partial charge in [0.15, 0.2) is 5.71 Å². The van der Waals surface area contributed by atoms with E-state index in [1.54, 1.807) is 0 Å². The van der Waals surface area contributed by atoms with Crippen LogP contribution in [0, 0.1) is 5.41 Å². The first-order chi connectivity index (χ1) is 33.8. The number of nitrogens with zero attached hydrogens (tertiary/aromatic N) is 3. The van der Waals surface area contributed by atoms with Crippen LogP contribution in [0.15, 0.2) is 120 Å². The zero-order chi connectivity index (χ0) is 50.9. The third-order valence-electron chi connectivity index (χ3n) is 14.5. The second kappa shape index (κ2) is 20.2. The molecule has 3 heterocycles. The molecule has 4 aromatic carbocycles. The van der Waals surface area contributed by atoms with Gasteiger partial charge in [-0.2, -0.15) is 13.0 Å². The van der Waals surface area contributed by atoms with Gasteiger partial charge < -0.3 is 20.4 Å². The zero-order valence-corrected chi connectivity index (χ0v) is 42.3. The molecule has 1 atom stereocenters. The molecule has 15 heteroatoms. The number of likely N-dealkylation sites (N-methyl/N-ethyl adjacent to an activating group) is 1. The Balaban J connectivity index is 1.14. The second-order valence-electron chi connectivity index (χ2n) is 19.9. The van der Waals surface area contributed by atoms with Crippen molar-refractivity contribution in [3.63, 3.8) is 0 Å². The lowest BCUT2D eigenvalue weighted by Gasteiger charge is -2.35. The Kier molecular flexibility index (Phi) is 14.4. The summed E-state index contributed by atoms with van der Waals surface area (Å²) in [6, 6.07) is 25.3. The number of rotatable bonds is 17. The fraction of sp³-hybridized carbons (Fsp3) is 0.393. The van der Waals surface area contributed by atoms with E-state index in [-0.39, 0.29) is 38.6 Å². The summed E-state index contributed by atoms with van der Waals surface area (Å²) in [5.41, 5.74) is 5.62. The topological polar surface area (TPSA) is 182 Å². The monoisotopic (exact) mass is 982 g/mol. The first kappa shape index (κ1) is 50.7. The van der Waals surface area contributed by atoms with Crippen molar-refractivity contribution in [1.82, 2.24) is 15.7 Å². The molecule has 1 saturated heterocycles. The van der Waals surface area contributed by atoms with Gasteiger partial charge in [0.25, 0.3) is 21.9 Å². The number of anilines is 1. The fourth-order valence-electron chi connectivity index (χ4n) is 11.1. The average Bonchev–Trinajstić information content (AvgIpc) is 3.87. The van der Waals surface area contributed by atoms with E-state index in [9.17, 15) is 36.9 Å². The molecule has 8 rings (SSSR count). The minimum absolute atomic E-state index is 0.00192. The number of carbonyl (C=O) groups excluding carboxylic acids is 5. The van der Waals surface area contributed by atoms with Crippen molar-refractivity contribution >= 4 is 78.3 Å². The van der Waals surface area contributed by atoms with Gasteiger partial charge in [-0.1, -0.05) is 93.1 Å². The van der Waals surface area contributed by atoms with E-state index in [1.807, 2.05) is 30.4 Å². The maximum Gasteiger partial charge on any atom is 0.333 e. The van der Waals surface area contributed by atoms with Crippen molar-refractivity contribution in [3.8, 4) is 0 Å². The number of carbonyl (C=O) groups is 5. The Morgan fingerprint density at radius 1 is 0.761 bits per heavy atom. The number of hydrogen-bond acceptors (Lipinski definition) is 9. The van der Waals surface area contributed by atoms with Crippen molar-refractivity contribution < 1.29 is 46.4 Å². The molecule has 0 radical (unpaired) electrons. The number of benzene rings is 4. The number of hydroxylamine groups is 2. The fourth-order valence-corrected chi connectivity index (χ4v) is 11.4. The summed E-state index contributed by atoms with van der Waals surface area (Å²) in [5, 5.41) is 10.8. The molecule has 1 fully saturated rings. The molecule has 0 bridgehead atoms. The van der Waals surface area contributed by atoms with E-state index in [4.69, 9.17) is 4.84 Å². The Labute approximate surface area is 415 Å². The predicted octanol–water partition coefficient (Wildman–Crippen LogP) is 8.57. The summed E-state index contributed by atoms with van der Waals surface area (Å²) >= 11 is 0. The number of amides is 4. The summed E-state index contributed by atoms with van der Waals surface area (Å²) in [7, 11) is -4.44. The molecule has 1 unspecified atom stereocenters. The highest BCUT2D eigenvalue weighted by atomic mass is 32.2. The number of nitrogens with one attached hydrogen (secondary N) is 2. The van der Waals surface area contributed by atoms with Crippen LogP contribution in [0.1, 0.15) is 104 Å². The maximum atomic E-state index is 14.9. The van der Waals surface area contributed by atoms with E-state index >= 15 is 0 Å². The Morgan fingerprint density at radius 3 is 2.04 bits per heavy atom. The Bertz CT molecular complexity index is 3110. The largest absolute Gasteiger partial charge is 0.355 e. The van der Waals surface area contributed by atoms with Crippen LogP contribution in [-0.4, -0.2) is 89.9 Å². The van der Waals surface area contributed by atoms with Gasteiger partial charge in [0.2, 0.25) is 17.5 Å². The van der Waals surface area contributed by atoms with Crippen LogP contribution in [0.2, 0.25) is 0 Å². The third kappa shape index (κ3) is 9.99. The van der Waals surface area contributed by atoms with Crippen molar-refractivity contribution in [1.29, 1.82) is 0 Å². The lowest BCUT2D eigenvalue weighted by atomic mass is 9.70. The molecule has 1 aliphatic carbocycles. The predicted molar refractivity (Wildman–Crippen MR) is 276 cm³/mol. The molecule has 0 spiro atoms. The number of hydrogen-bond donors (Lipinski definition) is 3. The third-order valence-corrected chi connectivity index (χ3v) is 15.2. The SMILES string of the molecule is CCN1/C(=C/C=C2C=C(/C=C/C3=[N+](CC)c4ccc5ccccc5c4C3(C)C)CC(C(=O)NCCCCCC(=O)ON3C(=O)CCC3=O)(C(=O)NCCS(=O)(=O)O)C/2)C(C)(C)c2c1ccc1ccccc21. The normalized spacial score (nSPS) is 20.6. The molecule has 3 N–H and O–H groups in total. The summed E-state index contributed by atoms with van der Waals surface area (Å²) in [6.07, 6.45) is 11.4. The average molecular weight is 983 g/mol. The molecule has 4 aromatic rings. The number of unbranched alkanes of at least 4 members (excludes halogenated alkanes) is 2. The second-order valence-corrected chi connectivity index (χ2v) is 21.5.